The molecule has 162 valence electrons. The van der Waals surface area contributed by atoms with Crippen molar-refractivity contribution in [2.24, 2.45) is 5.92 Å². The predicted molar refractivity (Wildman–Crippen MR) is 124 cm³/mol. The number of amides is 1. The summed E-state index contributed by atoms with van der Waals surface area (Å²) in [5.41, 5.74) is 2.51. The number of piperidine rings is 1. The Labute approximate surface area is 183 Å². The first-order valence-corrected chi connectivity index (χ1v) is 11.8. The SMILES string of the molecule is CC1CC=C(c2ccc3sc(C4CCN(C)CC4)nc3c2)N(C(=O)OC(C)(C)C)C1. The van der Waals surface area contributed by atoms with Gasteiger partial charge in [0.1, 0.15) is 5.60 Å². The van der Waals surface area contributed by atoms with E-state index in [2.05, 4.69) is 43.1 Å². The summed E-state index contributed by atoms with van der Waals surface area (Å²) in [5.74, 6) is 0.982. The maximum absolute atomic E-state index is 12.9. The number of carbonyl (C=O) groups excluding carboxylic acids is 1. The summed E-state index contributed by atoms with van der Waals surface area (Å²) in [6.45, 7) is 10.9. The molecule has 2 aliphatic heterocycles. The fraction of sp³-hybridized carbons (Fsp3) is 0.583. The molecule has 4 rings (SSSR count). The highest BCUT2D eigenvalue weighted by Gasteiger charge is 2.29. The van der Waals surface area contributed by atoms with Gasteiger partial charge < -0.3 is 9.64 Å². The second-order valence-corrected chi connectivity index (χ2v) is 10.9. The van der Waals surface area contributed by atoms with Crippen LogP contribution in [-0.2, 0) is 4.74 Å². The number of thiazole rings is 1. The van der Waals surface area contributed by atoms with Gasteiger partial charge in [0.05, 0.1) is 20.9 Å². The van der Waals surface area contributed by atoms with E-state index >= 15 is 0 Å². The molecular formula is C24H33N3O2S. The van der Waals surface area contributed by atoms with Crippen LogP contribution in [0.5, 0.6) is 0 Å². The van der Waals surface area contributed by atoms with Crippen LogP contribution in [0, 0.1) is 5.92 Å². The molecule has 0 spiro atoms. The Balaban J connectivity index is 1.61. The number of fused-ring (bicyclic) bond motifs is 1. The third-order valence-corrected chi connectivity index (χ3v) is 7.08. The number of nitrogens with zero attached hydrogens (tertiary/aromatic N) is 3. The Hall–Kier alpha value is -1.92. The third-order valence-electron chi connectivity index (χ3n) is 5.88. The van der Waals surface area contributed by atoms with Gasteiger partial charge in [0.25, 0.3) is 0 Å². The topological polar surface area (TPSA) is 45.7 Å². The largest absolute Gasteiger partial charge is 0.443 e. The molecule has 0 saturated carbocycles. The van der Waals surface area contributed by atoms with Crippen molar-refractivity contribution in [1.82, 2.24) is 14.8 Å². The van der Waals surface area contributed by atoms with E-state index in [0.717, 1.165) is 36.3 Å². The van der Waals surface area contributed by atoms with Crippen LogP contribution in [0.2, 0.25) is 0 Å². The lowest BCUT2D eigenvalue weighted by Crippen LogP contribution is -2.39. The van der Waals surface area contributed by atoms with E-state index in [1.165, 1.54) is 22.5 Å². The van der Waals surface area contributed by atoms with Crippen molar-refractivity contribution in [3.8, 4) is 0 Å². The summed E-state index contributed by atoms with van der Waals surface area (Å²) in [6, 6.07) is 6.43. The standard InChI is InChI=1S/C24H33N3O2S/c1-16-6-8-20(27(15-16)23(28)29-24(2,3)4)18-7-9-21-19(14-18)25-22(30-21)17-10-12-26(5)13-11-17/h7-9,14,16-17H,6,10-13,15H2,1-5H3. The van der Waals surface area contributed by atoms with Gasteiger partial charge in [0.2, 0.25) is 0 Å². The molecular weight excluding hydrogens is 394 g/mol. The monoisotopic (exact) mass is 427 g/mol. The molecule has 1 amide bonds. The molecule has 1 saturated heterocycles. The lowest BCUT2D eigenvalue weighted by atomic mass is 9.98. The third kappa shape index (κ3) is 4.70. The van der Waals surface area contributed by atoms with Crippen LogP contribution in [0.15, 0.2) is 24.3 Å². The molecule has 2 aromatic rings. The van der Waals surface area contributed by atoms with E-state index in [4.69, 9.17) is 9.72 Å². The summed E-state index contributed by atoms with van der Waals surface area (Å²) < 4.78 is 6.91. The molecule has 0 aliphatic carbocycles. The van der Waals surface area contributed by atoms with Gasteiger partial charge in [-0.2, -0.15) is 0 Å². The van der Waals surface area contributed by atoms with Crippen molar-refractivity contribution in [3.05, 3.63) is 34.8 Å². The van der Waals surface area contributed by atoms with Gasteiger partial charge in [-0.1, -0.05) is 19.1 Å². The molecule has 0 radical (unpaired) electrons. The van der Waals surface area contributed by atoms with Gasteiger partial charge in [-0.25, -0.2) is 9.78 Å². The highest BCUT2D eigenvalue weighted by molar-refractivity contribution is 7.18. The number of hydrogen-bond donors (Lipinski definition) is 0. The Bertz CT molecular complexity index is 951. The van der Waals surface area contributed by atoms with Gasteiger partial charge in [0.15, 0.2) is 0 Å². The zero-order chi connectivity index (χ0) is 21.5. The van der Waals surface area contributed by atoms with E-state index in [1.54, 1.807) is 4.90 Å². The van der Waals surface area contributed by atoms with Crippen LogP contribution < -0.4 is 0 Å². The molecule has 1 aromatic heterocycles. The second kappa shape index (κ2) is 8.31. The van der Waals surface area contributed by atoms with Gasteiger partial charge in [-0.05, 0) is 78.2 Å². The van der Waals surface area contributed by atoms with Gasteiger partial charge >= 0.3 is 6.09 Å². The number of allylic oxidation sites excluding steroid dienone is 1. The number of aromatic nitrogens is 1. The van der Waals surface area contributed by atoms with Crippen LogP contribution in [0.1, 0.15) is 63.4 Å². The van der Waals surface area contributed by atoms with Crippen LogP contribution in [0.25, 0.3) is 15.9 Å². The Morgan fingerprint density at radius 3 is 2.67 bits per heavy atom. The fourth-order valence-corrected chi connectivity index (χ4v) is 5.32. The molecule has 3 heterocycles. The minimum Gasteiger partial charge on any atom is -0.443 e. The van der Waals surface area contributed by atoms with Crippen molar-refractivity contribution in [2.75, 3.05) is 26.7 Å². The number of benzene rings is 1. The first-order valence-electron chi connectivity index (χ1n) is 11.0. The molecule has 0 N–H and O–H groups in total. The summed E-state index contributed by atoms with van der Waals surface area (Å²) in [4.78, 5) is 22.1. The van der Waals surface area contributed by atoms with Gasteiger partial charge in [0, 0.05) is 18.0 Å². The van der Waals surface area contributed by atoms with E-state index in [-0.39, 0.29) is 6.09 Å². The summed E-state index contributed by atoms with van der Waals surface area (Å²) in [6.07, 6.45) is 5.22. The smallest absolute Gasteiger partial charge is 0.414 e. The first kappa shape index (κ1) is 21.3. The summed E-state index contributed by atoms with van der Waals surface area (Å²) in [7, 11) is 2.19. The normalized spacial score (nSPS) is 21.7. The van der Waals surface area contributed by atoms with Crippen molar-refractivity contribution in [2.45, 2.75) is 58.5 Å². The average Bonchev–Trinajstić information content (AvgIpc) is 3.10. The zero-order valence-electron chi connectivity index (χ0n) is 18.8. The molecule has 1 aromatic carbocycles. The van der Waals surface area contributed by atoms with Crippen LogP contribution in [0.4, 0.5) is 4.79 Å². The number of likely N-dealkylation sites (tertiary alicyclic amines) is 1. The summed E-state index contributed by atoms with van der Waals surface area (Å²) in [5, 5.41) is 1.26. The second-order valence-electron chi connectivity index (χ2n) is 9.83. The van der Waals surface area contributed by atoms with Crippen molar-refractivity contribution in [1.29, 1.82) is 0 Å². The minimum absolute atomic E-state index is 0.273. The highest BCUT2D eigenvalue weighted by atomic mass is 32.1. The van der Waals surface area contributed by atoms with Crippen molar-refractivity contribution in [3.63, 3.8) is 0 Å². The minimum atomic E-state index is -0.509. The Morgan fingerprint density at radius 2 is 1.97 bits per heavy atom. The number of rotatable bonds is 2. The highest BCUT2D eigenvalue weighted by Crippen LogP contribution is 2.36. The molecule has 30 heavy (non-hydrogen) atoms. The fourth-order valence-electron chi connectivity index (χ4n) is 4.21. The Kier molecular flexibility index (Phi) is 5.90. The lowest BCUT2D eigenvalue weighted by molar-refractivity contribution is 0.0327. The maximum Gasteiger partial charge on any atom is 0.414 e. The number of hydrogen-bond acceptors (Lipinski definition) is 5. The zero-order valence-corrected chi connectivity index (χ0v) is 19.6. The summed E-state index contributed by atoms with van der Waals surface area (Å²) >= 11 is 1.82. The molecule has 5 nitrogen and oxygen atoms in total. The van der Waals surface area contributed by atoms with Gasteiger partial charge in [-0.15, -0.1) is 11.3 Å². The van der Waals surface area contributed by atoms with Crippen LogP contribution in [0.3, 0.4) is 0 Å². The van der Waals surface area contributed by atoms with Crippen LogP contribution in [-0.4, -0.2) is 53.2 Å². The van der Waals surface area contributed by atoms with E-state index in [9.17, 15) is 4.79 Å². The molecule has 6 heteroatoms. The van der Waals surface area contributed by atoms with E-state index < -0.39 is 5.60 Å². The number of carbonyl (C=O) groups is 1. The predicted octanol–water partition coefficient (Wildman–Crippen LogP) is 5.72. The van der Waals surface area contributed by atoms with Crippen molar-refractivity contribution >= 4 is 33.3 Å². The van der Waals surface area contributed by atoms with Crippen molar-refractivity contribution < 1.29 is 9.53 Å². The molecule has 2 aliphatic rings. The van der Waals surface area contributed by atoms with Gasteiger partial charge in [-0.3, -0.25) is 4.90 Å². The van der Waals surface area contributed by atoms with Crippen LogP contribution >= 0.6 is 11.3 Å². The molecule has 0 bridgehead atoms. The molecule has 1 fully saturated rings. The Morgan fingerprint density at radius 1 is 1.23 bits per heavy atom. The van der Waals surface area contributed by atoms with E-state index in [0.29, 0.717) is 18.4 Å². The molecule has 1 atom stereocenters. The first-order chi connectivity index (χ1) is 14.2. The molecule has 1 unspecified atom stereocenters. The lowest BCUT2D eigenvalue weighted by Gasteiger charge is -2.33. The average molecular weight is 428 g/mol. The van der Waals surface area contributed by atoms with E-state index in [1.807, 2.05) is 32.1 Å². The quantitative estimate of drug-likeness (QED) is 0.615. The number of ether oxygens (including phenoxy) is 1. The maximum atomic E-state index is 12.9.